The third kappa shape index (κ3) is 2.02. The number of amides is 1. The minimum Gasteiger partial charge on any atom is -0.442 e. The van der Waals surface area contributed by atoms with E-state index in [-0.39, 0.29) is 17.2 Å². The molecular weight excluding hydrogens is 236 g/mol. The Morgan fingerprint density at radius 1 is 1.50 bits per heavy atom. The summed E-state index contributed by atoms with van der Waals surface area (Å²) in [6.45, 7) is 4.74. The third-order valence-electron chi connectivity index (χ3n) is 2.41. The van der Waals surface area contributed by atoms with E-state index >= 15 is 0 Å². The fourth-order valence-corrected chi connectivity index (χ4v) is 1.71. The summed E-state index contributed by atoms with van der Waals surface area (Å²) in [6, 6.07) is 0. The van der Waals surface area contributed by atoms with Crippen LogP contribution in [0.1, 0.15) is 25.2 Å². The van der Waals surface area contributed by atoms with Gasteiger partial charge in [-0.3, -0.25) is 9.59 Å². The van der Waals surface area contributed by atoms with E-state index in [9.17, 15) is 9.59 Å². The van der Waals surface area contributed by atoms with E-state index < -0.39 is 0 Å². The number of aryl methyl sites for hydroxylation is 1. The van der Waals surface area contributed by atoms with Crippen molar-refractivity contribution in [3.8, 4) is 0 Å². The van der Waals surface area contributed by atoms with Gasteiger partial charge in [0.2, 0.25) is 11.6 Å². The zero-order chi connectivity index (χ0) is 13.3. The molecule has 2 heterocycles. The molecule has 7 nitrogen and oxygen atoms in total. The fourth-order valence-electron chi connectivity index (χ4n) is 1.71. The Hall–Kier alpha value is -2.44. The first kappa shape index (κ1) is 12.0. The Morgan fingerprint density at radius 3 is 2.89 bits per heavy atom. The van der Waals surface area contributed by atoms with Gasteiger partial charge in [-0.15, -0.1) is 0 Å². The lowest BCUT2D eigenvalue weighted by Crippen LogP contribution is -2.16. The van der Waals surface area contributed by atoms with E-state index in [1.54, 1.807) is 13.8 Å². The molecule has 0 aliphatic heterocycles. The van der Waals surface area contributed by atoms with Gasteiger partial charge in [-0.2, -0.15) is 5.10 Å². The van der Waals surface area contributed by atoms with E-state index in [2.05, 4.69) is 20.5 Å². The van der Waals surface area contributed by atoms with E-state index in [0.717, 1.165) is 0 Å². The largest absolute Gasteiger partial charge is 0.442 e. The highest BCUT2D eigenvalue weighted by Crippen LogP contribution is 2.20. The van der Waals surface area contributed by atoms with Crippen LogP contribution in [0.3, 0.4) is 0 Å². The second-order valence-electron chi connectivity index (χ2n) is 3.81. The van der Waals surface area contributed by atoms with Gasteiger partial charge in [0.05, 0.1) is 17.6 Å². The highest BCUT2D eigenvalue weighted by atomic mass is 16.3. The maximum Gasteiger partial charge on any atom is 0.262 e. The summed E-state index contributed by atoms with van der Waals surface area (Å²) < 4.78 is 5.38. The van der Waals surface area contributed by atoms with E-state index in [1.165, 1.54) is 13.3 Å². The minimum absolute atomic E-state index is 0.253. The molecule has 2 aromatic heterocycles. The van der Waals surface area contributed by atoms with Gasteiger partial charge in [-0.05, 0) is 13.8 Å². The molecule has 1 amide bonds. The summed E-state index contributed by atoms with van der Waals surface area (Å²) in [5.74, 6) is 0.243. The number of rotatable bonds is 2. The SMILES string of the molecule is CC(=O)N/N=C(/C)c1c(C)oc2nc[nH]c(=O)c12. The monoisotopic (exact) mass is 248 g/mol. The third-order valence-corrected chi connectivity index (χ3v) is 2.41. The highest BCUT2D eigenvalue weighted by Gasteiger charge is 2.17. The van der Waals surface area contributed by atoms with Crippen LogP contribution in [0, 0.1) is 6.92 Å². The molecule has 0 bridgehead atoms. The van der Waals surface area contributed by atoms with Crippen molar-refractivity contribution in [1.29, 1.82) is 0 Å². The van der Waals surface area contributed by atoms with Gasteiger partial charge in [-0.1, -0.05) is 0 Å². The van der Waals surface area contributed by atoms with Crippen molar-refractivity contribution in [1.82, 2.24) is 15.4 Å². The zero-order valence-electron chi connectivity index (χ0n) is 10.2. The fraction of sp³-hybridized carbons (Fsp3) is 0.273. The Bertz CT molecular complexity index is 696. The Balaban J connectivity index is 2.64. The number of aromatic amines is 1. The molecule has 2 aromatic rings. The van der Waals surface area contributed by atoms with Crippen LogP contribution in [0.5, 0.6) is 0 Å². The van der Waals surface area contributed by atoms with Gasteiger partial charge in [-0.25, -0.2) is 10.4 Å². The van der Waals surface area contributed by atoms with Crippen molar-refractivity contribution >= 4 is 22.7 Å². The first-order valence-electron chi connectivity index (χ1n) is 5.28. The number of hydrogen-bond donors (Lipinski definition) is 2. The molecule has 0 aliphatic carbocycles. The minimum atomic E-state index is -0.302. The number of nitrogens with zero attached hydrogens (tertiary/aromatic N) is 2. The Morgan fingerprint density at radius 2 is 2.22 bits per heavy atom. The number of hydrogen-bond acceptors (Lipinski definition) is 5. The average molecular weight is 248 g/mol. The molecule has 18 heavy (non-hydrogen) atoms. The number of fused-ring (bicyclic) bond motifs is 1. The number of aromatic nitrogens is 2. The molecule has 2 rings (SSSR count). The predicted octanol–water partition coefficient (Wildman–Crippen LogP) is 0.685. The number of furan rings is 1. The maximum atomic E-state index is 11.8. The lowest BCUT2D eigenvalue weighted by molar-refractivity contribution is -0.118. The summed E-state index contributed by atoms with van der Waals surface area (Å²) in [5.41, 5.74) is 3.31. The van der Waals surface area contributed by atoms with E-state index in [4.69, 9.17) is 4.42 Å². The quantitative estimate of drug-likeness (QED) is 0.603. The topological polar surface area (TPSA) is 100 Å². The first-order valence-corrected chi connectivity index (χ1v) is 5.28. The smallest absolute Gasteiger partial charge is 0.262 e. The number of nitrogens with one attached hydrogen (secondary N) is 2. The number of hydrazone groups is 1. The van der Waals surface area contributed by atoms with Crippen molar-refractivity contribution in [3.05, 3.63) is 28.0 Å². The van der Waals surface area contributed by atoms with Crippen LogP contribution in [-0.2, 0) is 4.79 Å². The summed E-state index contributed by atoms with van der Waals surface area (Å²) >= 11 is 0. The molecule has 0 unspecified atom stereocenters. The van der Waals surface area contributed by atoms with Crippen LogP contribution >= 0.6 is 0 Å². The molecule has 7 heteroatoms. The molecule has 0 spiro atoms. The number of carbonyl (C=O) groups is 1. The molecule has 0 aromatic carbocycles. The normalized spacial score (nSPS) is 11.8. The molecule has 0 aliphatic rings. The second-order valence-corrected chi connectivity index (χ2v) is 3.81. The van der Waals surface area contributed by atoms with Crippen LogP contribution in [0.15, 0.2) is 20.6 Å². The summed E-state index contributed by atoms with van der Waals surface area (Å²) in [4.78, 5) is 29.0. The van der Waals surface area contributed by atoms with Crippen molar-refractivity contribution in [2.24, 2.45) is 5.10 Å². The second kappa shape index (κ2) is 4.44. The number of H-pyrrole nitrogens is 1. The first-order chi connectivity index (χ1) is 8.50. The van der Waals surface area contributed by atoms with Gasteiger partial charge < -0.3 is 9.40 Å². The van der Waals surface area contributed by atoms with Gasteiger partial charge in [0, 0.05) is 6.92 Å². The lowest BCUT2D eigenvalue weighted by atomic mass is 10.1. The van der Waals surface area contributed by atoms with Crippen LogP contribution in [-0.4, -0.2) is 21.6 Å². The average Bonchev–Trinajstić information content (AvgIpc) is 2.63. The maximum absolute atomic E-state index is 11.8. The van der Waals surface area contributed by atoms with Crippen LogP contribution < -0.4 is 11.0 Å². The van der Waals surface area contributed by atoms with Crippen molar-refractivity contribution in [2.45, 2.75) is 20.8 Å². The predicted molar refractivity (Wildman–Crippen MR) is 65.4 cm³/mol. The van der Waals surface area contributed by atoms with Crippen LogP contribution in [0.4, 0.5) is 0 Å². The molecule has 0 fully saturated rings. The Labute approximate surface area is 102 Å². The molecule has 0 saturated heterocycles. The molecule has 2 N–H and O–H groups in total. The summed E-state index contributed by atoms with van der Waals surface area (Å²) in [5, 5.41) is 4.23. The van der Waals surface area contributed by atoms with Gasteiger partial charge >= 0.3 is 0 Å². The summed E-state index contributed by atoms with van der Waals surface area (Å²) in [7, 11) is 0. The zero-order valence-corrected chi connectivity index (χ0v) is 10.2. The van der Waals surface area contributed by atoms with Gasteiger partial charge in [0.15, 0.2) is 0 Å². The standard InChI is InChI=1S/C11H12N4O3/c1-5(14-15-7(3)16)8-6(2)18-11-9(8)10(17)12-4-13-11/h4H,1-3H3,(H,15,16)(H,12,13,17)/b14-5-. The molecular formula is C11H12N4O3. The molecule has 94 valence electrons. The molecule has 0 saturated carbocycles. The van der Waals surface area contributed by atoms with Crippen molar-refractivity contribution < 1.29 is 9.21 Å². The van der Waals surface area contributed by atoms with Crippen LogP contribution in [0.2, 0.25) is 0 Å². The lowest BCUT2D eigenvalue weighted by Gasteiger charge is -1.99. The molecule has 0 atom stereocenters. The van der Waals surface area contributed by atoms with Crippen LogP contribution in [0.25, 0.3) is 11.1 Å². The van der Waals surface area contributed by atoms with E-state index in [0.29, 0.717) is 22.4 Å². The van der Waals surface area contributed by atoms with E-state index in [1.807, 2.05) is 0 Å². The van der Waals surface area contributed by atoms with Gasteiger partial charge in [0.1, 0.15) is 11.1 Å². The van der Waals surface area contributed by atoms with Gasteiger partial charge in [0.25, 0.3) is 5.56 Å². The summed E-state index contributed by atoms with van der Waals surface area (Å²) in [6.07, 6.45) is 1.28. The molecule has 0 radical (unpaired) electrons. The van der Waals surface area contributed by atoms with Crippen molar-refractivity contribution in [3.63, 3.8) is 0 Å². The number of carbonyl (C=O) groups excluding carboxylic acids is 1. The highest BCUT2D eigenvalue weighted by molar-refractivity contribution is 6.09. The van der Waals surface area contributed by atoms with Crippen molar-refractivity contribution in [2.75, 3.05) is 0 Å². The Kier molecular flexibility index (Phi) is 2.97.